The Kier molecular flexibility index (Phi) is 5.95. The van der Waals surface area contributed by atoms with Crippen molar-refractivity contribution in [1.29, 1.82) is 0 Å². The summed E-state index contributed by atoms with van der Waals surface area (Å²) in [5.74, 6) is -0.368. The van der Waals surface area contributed by atoms with Crippen molar-refractivity contribution in [3.05, 3.63) is 78.4 Å². The highest BCUT2D eigenvalue weighted by Gasteiger charge is 2.68. The molecule has 1 saturated carbocycles. The third-order valence-electron chi connectivity index (χ3n) is 6.84. The lowest BCUT2D eigenvalue weighted by atomic mass is 9.83. The molecule has 6 nitrogen and oxygen atoms in total. The second kappa shape index (κ2) is 8.64. The van der Waals surface area contributed by atoms with Crippen LogP contribution >= 0.6 is 0 Å². The van der Waals surface area contributed by atoms with E-state index in [0.29, 0.717) is 13.0 Å². The quantitative estimate of drug-likeness (QED) is 0.602. The Morgan fingerprint density at radius 2 is 1.70 bits per heavy atom. The molecule has 0 bridgehead atoms. The van der Waals surface area contributed by atoms with Crippen molar-refractivity contribution < 1.29 is 27.4 Å². The molecule has 2 heterocycles. The fourth-order valence-electron chi connectivity index (χ4n) is 5.44. The molecule has 3 aliphatic rings. The van der Waals surface area contributed by atoms with Crippen LogP contribution in [0.5, 0.6) is 0 Å². The molecule has 3 fully saturated rings. The molecule has 2 aromatic carbocycles. The van der Waals surface area contributed by atoms with Crippen LogP contribution in [0, 0.1) is 5.92 Å². The molecular formula is C26H30O6S. The molecule has 2 saturated heterocycles. The summed E-state index contributed by atoms with van der Waals surface area (Å²) in [6.45, 7) is 8.27. The number of sulfone groups is 1. The molecular weight excluding hydrogens is 440 g/mol. The van der Waals surface area contributed by atoms with Crippen LogP contribution in [-0.4, -0.2) is 44.4 Å². The summed E-state index contributed by atoms with van der Waals surface area (Å²) in [5, 5.41) is 0. The standard InChI is InChI=1S/C26H30O6S/c1-17(2)30-25-26(33(27,28)20-12-8-5-9-13-20)15-18(3)14-21(26)23-22(31-25)16-29-24(32-23)19-10-6-4-7-11-19/h4-13,17,21-25H,3,14-16H2,1-2H3/t21-,22-,23+,24-,25+,26+/m1/s1. The summed E-state index contributed by atoms with van der Waals surface area (Å²) in [4.78, 5) is 0.260. The molecule has 6 atom stereocenters. The zero-order valence-electron chi connectivity index (χ0n) is 18.9. The van der Waals surface area contributed by atoms with Crippen LogP contribution in [0.4, 0.5) is 0 Å². The van der Waals surface area contributed by atoms with Crippen LogP contribution in [0.3, 0.4) is 0 Å². The Morgan fingerprint density at radius 1 is 1.03 bits per heavy atom. The third kappa shape index (κ3) is 3.76. The van der Waals surface area contributed by atoms with Gasteiger partial charge in [0.25, 0.3) is 0 Å². The van der Waals surface area contributed by atoms with Gasteiger partial charge >= 0.3 is 0 Å². The van der Waals surface area contributed by atoms with Crippen LogP contribution in [-0.2, 0) is 28.8 Å². The highest BCUT2D eigenvalue weighted by molar-refractivity contribution is 7.93. The van der Waals surface area contributed by atoms with Gasteiger partial charge in [-0.05, 0) is 38.8 Å². The Balaban J connectivity index is 1.59. The molecule has 0 N–H and O–H groups in total. The Bertz CT molecular complexity index is 1100. The van der Waals surface area contributed by atoms with E-state index in [1.807, 2.05) is 50.2 Å². The van der Waals surface area contributed by atoms with Gasteiger partial charge in [0.2, 0.25) is 0 Å². The molecule has 0 aromatic heterocycles. The summed E-state index contributed by atoms with van der Waals surface area (Å²) in [5.41, 5.74) is 1.76. The normalized spacial score (nSPS) is 34.2. The summed E-state index contributed by atoms with van der Waals surface area (Å²) >= 11 is 0. The van der Waals surface area contributed by atoms with E-state index in [2.05, 4.69) is 6.58 Å². The first-order chi connectivity index (χ1) is 15.8. The average Bonchev–Trinajstić information content (AvgIpc) is 3.19. The summed E-state index contributed by atoms with van der Waals surface area (Å²) in [6, 6.07) is 18.2. The maximum atomic E-state index is 14.3. The monoisotopic (exact) mass is 470 g/mol. The number of benzene rings is 2. The van der Waals surface area contributed by atoms with Crippen LogP contribution in [0.15, 0.2) is 77.7 Å². The van der Waals surface area contributed by atoms with E-state index in [9.17, 15) is 8.42 Å². The predicted octanol–water partition coefficient (Wildman–Crippen LogP) is 4.43. The number of hydrogen-bond acceptors (Lipinski definition) is 6. The minimum absolute atomic E-state index is 0.216. The molecule has 0 unspecified atom stereocenters. The van der Waals surface area contributed by atoms with Crippen molar-refractivity contribution in [1.82, 2.24) is 0 Å². The summed E-state index contributed by atoms with van der Waals surface area (Å²) in [6.07, 6.45) is -1.83. The molecule has 2 aliphatic heterocycles. The van der Waals surface area contributed by atoms with Gasteiger partial charge in [0.15, 0.2) is 22.4 Å². The first-order valence-corrected chi connectivity index (χ1v) is 12.9. The Morgan fingerprint density at radius 3 is 2.36 bits per heavy atom. The van der Waals surface area contributed by atoms with Gasteiger partial charge in [0.05, 0.1) is 23.7 Å². The fourth-order valence-corrected chi connectivity index (χ4v) is 7.77. The molecule has 0 radical (unpaired) electrons. The first kappa shape index (κ1) is 22.7. The third-order valence-corrected chi connectivity index (χ3v) is 9.37. The second-order valence-corrected chi connectivity index (χ2v) is 11.6. The van der Waals surface area contributed by atoms with Crippen LogP contribution < -0.4 is 0 Å². The van der Waals surface area contributed by atoms with Gasteiger partial charge in [-0.1, -0.05) is 60.7 Å². The van der Waals surface area contributed by atoms with Crippen molar-refractivity contribution in [3.8, 4) is 0 Å². The number of ether oxygens (including phenoxy) is 4. The minimum Gasteiger partial charge on any atom is -0.348 e. The van der Waals surface area contributed by atoms with E-state index in [1.165, 1.54) is 0 Å². The number of rotatable bonds is 5. The second-order valence-electron chi connectivity index (χ2n) is 9.38. The van der Waals surface area contributed by atoms with Gasteiger partial charge in [-0.25, -0.2) is 8.42 Å². The SMILES string of the molecule is C=C1C[C@@H]2[C@@H]3O[C@H](c4ccccc4)OC[C@H]3O[C@H](OC(C)C)[C@]2(S(=O)(=O)c2ccccc2)C1. The molecule has 5 rings (SSSR count). The maximum Gasteiger partial charge on any atom is 0.189 e. The van der Waals surface area contributed by atoms with Crippen LogP contribution in [0.1, 0.15) is 38.5 Å². The van der Waals surface area contributed by atoms with E-state index in [0.717, 1.165) is 11.1 Å². The zero-order valence-corrected chi connectivity index (χ0v) is 19.7. The van der Waals surface area contributed by atoms with E-state index < -0.39 is 39.4 Å². The number of allylic oxidation sites excluding steroid dienone is 1. The molecule has 0 amide bonds. The lowest BCUT2D eigenvalue weighted by molar-refractivity contribution is -0.340. The van der Waals surface area contributed by atoms with E-state index in [-0.39, 0.29) is 23.3 Å². The Labute approximate surface area is 195 Å². The van der Waals surface area contributed by atoms with E-state index >= 15 is 0 Å². The average molecular weight is 471 g/mol. The highest BCUT2D eigenvalue weighted by Crippen LogP contribution is 2.56. The van der Waals surface area contributed by atoms with Crippen molar-refractivity contribution in [2.45, 2.75) is 67.2 Å². The fraction of sp³-hybridized carbons (Fsp3) is 0.462. The smallest absolute Gasteiger partial charge is 0.189 e. The zero-order chi connectivity index (χ0) is 23.2. The van der Waals surface area contributed by atoms with Gasteiger partial charge < -0.3 is 18.9 Å². The van der Waals surface area contributed by atoms with Gasteiger partial charge in [0.1, 0.15) is 10.9 Å². The minimum atomic E-state index is -3.85. The lowest BCUT2D eigenvalue weighted by Crippen LogP contribution is -2.67. The maximum absolute atomic E-state index is 14.3. The highest BCUT2D eigenvalue weighted by atomic mass is 32.2. The van der Waals surface area contributed by atoms with E-state index in [4.69, 9.17) is 18.9 Å². The molecule has 1 aliphatic carbocycles. The van der Waals surface area contributed by atoms with Crippen molar-refractivity contribution in [3.63, 3.8) is 0 Å². The molecule has 7 heteroatoms. The van der Waals surface area contributed by atoms with Crippen molar-refractivity contribution in [2.75, 3.05) is 6.61 Å². The topological polar surface area (TPSA) is 71.1 Å². The predicted molar refractivity (Wildman–Crippen MR) is 123 cm³/mol. The largest absolute Gasteiger partial charge is 0.348 e. The number of fused-ring (bicyclic) bond motifs is 3. The molecule has 2 aromatic rings. The van der Waals surface area contributed by atoms with Gasteiger partial charge in [-0.2, -0.15) is 0 Å². The van der Waals surface area contributed by atoms with Crippen LogP contribution in [0.2, 0.25) is 0 Å². The van der Waals surface area contributed by atoms with Gasteiger partial charge in [-0.3, -0.25) is 0 Å². The van der Waals surface area contributed by atoms with Crippen molar-refractivity contribution >= 4 is 9.84 Å². The lowest BCUT2D eigenvalue weighted by Gasteiger charge is -2.53. The van der Waals surface area contributed by atoms with Crippen molar-refractivity contribution in [2.24, 2.45) is 5.92 Å². The van der Waals surface area contributed by atoms with E-state index in [1.54, 1.807) is 24.3 Å². The molecule has 176 valence electrons. The summed E-state index contributed by atoms with van der Waals surface area (Å²) in [7, 11) is -3.85. The molecule has 0 spiro atoms. The summed E-state index contributed by atoms with van der Waals surface area (Å²) < 4.78 is 52.2. The Hall–Kier alpha value is -2.03. The van der Waals surface area contributed by atoms with Gasteiger partial charge in [0, 0.05) is 11.5 Å². The van der Waals surface area contributed by atoms with Gasteiger partial charge in [-0.15, -0.1) is 0 Å². The molecule has 33 heavy (non-hydrogen) atoms. The first-order valence-electron chi connectivity index (χ1n) is 11.4. The van der Waals surface area contributed by atoms with Crippen LogP contribution in [0.25, 0.3) is 0 Å². The number of hydrogen-bond donors (Lipinski definition) is 0.